The summed E-state index contributed by atoms with van der Waals surface area (Å²) >= 11 is 7.35. The minimum absolute atomic E-state index is 0.185. The lowest BCUT2D eigenvalue weighted by molar-refractivity contribution is 0.911. The summed E-state index contributed by atoms with van der Waals surface area (Å²) in [5.74, 6) is 0. The first-order valence-corrected chi connectivity index (χ1v) is 9.25. The van der Waals surface area contributed by atoms with Gasteiger partial charge in [-0.05, 0) is 60.7 Å². The molecule has 2 aromatic carbocycles. The van der Waals surface area contributed by atoms with Crippen molar-refractivity contribution >= 4 is 49.6 Å². The molecule has 0 fully saturated rings. The van der Waals surface area contributed by atoms with Gasteiger partial charge in [0, 0.05) is 10.7 Å². The lowest BCUT2D eigenvalue weighted by atomic mass is 10.1. The molecule has 1 aliphatic rings. The molecule has 0 bridgehead atoms. The van der Waals surface area contributed by atoms with Gasteiger partial charge in [0.1, 0.15) is 0 Å². The van der Waals surface area contributed by atoms with Crippen LogP contribution in [0, 0.1) is 0 Å². The monoisotopic (exact) mass is 368 g/mol. The summed E-state index contributed by atoms with van der Waals surface area (Å²) < 4.78 is 1.34. The molecule has 0 aliphatic heterocycles. The van der Waals surface area contributed by atoms with Crippen LogP contribution in [-0.2, 0) is 12.8 Å². The van der Waals surface area contributed by atoms with Gasteiger partial charge in [-0.15, -0.1) is 5.10 Å². The summed E-state index contributed by atoms with van der Waals surface area (Å²) in [5, 5.41) is 9.40. The molecule has 7 heteroatoms. The molecule has 0 unspecified atom stereocenters. The van der Waals surface area contributed by atoms with Gasteiger partial charge in [-0.3, -0.25) is 4.79 Å². The standard InChI is InChI=1S/C18H13ClN4OS/c19-12-5-7-14-15(9-12)21-18-23(16(14)24)22-17(25-18)20-13-6-4-10-2-1-3-11(10)8-13/h4-9H,1-3H2,(H,20,22). The summed E-state index contributed by atoms with van der Waals surface area (Å²) in [6.45, 7) is 0. The second-order valence-corrected chi connectivity index (χ2v) is 7.53. The smallest absolute Gasteiger partial charge is 0.283 e. The average Bonchev–Trinajstić information content (AvgIpc) is 3.21. The molecule has 0 amide bonds. The third kappa shape index (κ3) is 2.49. The maximum Gasteiger partial charge on any atom is 0.283 e. The highest BCUT2D eigenvalue weighted by Crippen LogP contribution is 2.28. The highest BCUT2D eigenvalue weighted by atomic mass is 35.5. The van der Waals surface area contributed by atoms with Crippen molar-refractivity contribution in [3.8, 4) is 0 Å². The molecule has 4 aromatic rings. The van der Waals surface area contributed by atoms with Crippen molar-refractivity contribution in [1.29, 1.82) is 0 Å². The van der Waals surface area contributed by atoms with Crippen LogP contribution >= 0.6 is 22.9 Å². The number of aromatic nitrogens is 3. The van der Waals surface area contributed by atoms with E-state index >= 15 is 0 Å². The predicted molar refractivity (Wildman–Crippen MR) is 101 cm³/mol. The number of nitrogens with zero attached hydrogens (tertiary/aromatic N) is 3. The van der Waals surface area contributed by atoms with Crippen molar-refractivity contribution in [2.75, 3.05) is 5.32 Å². The van der Waals surface area contributed by atoms with Crippen LogP contribution in [0.15, 0.2) is 41.2 Å². The van der Waals surface area contributed by atoms with Crippen LogP contribution < -0.4 is 10.9 Å². The zero-order chi connectivity index (χ0) is 17.0. The zero-order valence-corrected chi connectivity index (χ0v) is 14.7. The van der Waals surface area contributed by atoms with E-state index < -0.39 is 0 Å². The first-order chi connectivity index (χ1) is 12.2. The van der Waals surface area contributed by atoms with Crippen molar-refractivity contribution in [3.05, 3.63) is 62.9 Å². The third-order valence-electron chi connectivity index (χ3n) is 4.51. The second kappa shape index (κ2) is 5.54. The van der Waals surface area contributed by atoms with Crippen molar-refractivity contribution in [2.45, 2.75) is 19.3 Å². The number of hydrogen-bond acceptors (Lipinski definition) is 5. The summed E-state index contributed by atoms with van der Waals surface area (Å²) in [7, 11) is 0. The van der Waals surface area contributed by atoms with Gasteiger partial charge in [0.15, 0.2) is 0 Å². The molecule has 0 saturated heterocycles. The Morgan fingerprint density at radius 2 is 2.00 bits per heavy atom. The van der Waals surface area contributed by atoms with E-state index in [1.54, 1.807) is 18.2 Å². The van der Waals surface area contributed by atoms with Gasteiger partial charge in [-0.2, -0.15) is 4.52 Å². The minimum atomic E-state index is -0.185. The van der Waals surface area contributed by atoms with Crippen molar-refractivity contribution < 1.29 is 0 Å². The van der Waals surface area contributed by atoms with Gasteiger partial charge >= 0.3 is 0 Å². The highest BCUT2D eigenvalue weighted by molar-refractivity contribution is 7.20. The fraction of sp³-hybridized carbons (Fsp3) is 0.167. The van der Waals surface area contributed by atoms with Gasteiger partial charge in [0.2, 0.25) is 10.1 Å². The molecule has 2 heterocycles. The topological polar surface area (TPSA) is 59.3 Å². The Morgan fingerprint density at radius 1 is 1.12 bits per heavy atom. The Hall–Kier alpha value is -2.44. The van der Waals surface area contributed by atoms with E-state index in [0.29, 0.717) is 26.0 Å². The van der Waals surface area contributed by atoms with Crippen LogP contribution in [-0.4, -0.2) is 14.6 Å². The molecule has 1 aliphatic carbocycles. The fourth-order valence-corrected chi connectivity index (χ4v) is 4.29. The SMILES string of the molecule is O=c1c2ccc(Cl)cc2nc2sc(Nc3ccc4c(c3)CCC4)nn12. The van der Waals surface area contributed by atoms with Gasteiger partial charge in [0.25, 0.3) is 5.56 Å². The Labute approximate surface area is 151 Å². The van der Waals surface area contributed by atoms with E-state index in [2.05, 4.69) is 33.6 Å². The Bertz CT molecular complexity index is 1200. The number of fused-ring (bicyclic) bond motifs is 3. The quantitative estimate of drug-likeness (QED) is 0.576. The van der Waals surface area contributed by atoms with E-state index in [0.717, 1.165) is 18.5 Å². The lowest BCUT2D eigenvalue weighted by Gasteiger charge is -2.04. The molecular formula is C18H13ClN4OS. The predicted octanol–water partition coefficient (Wildman–Crippen LogP) is 4.19. The minimum Gasteiger partial charge on any atom is -0.330 e. The van der Waals surface area contributed by atoms with Crippen molar-refractivity contribution in [2.24, 2.45) is 0 Å². The number of nitrogens with one attached hydrogen (secondary N) is 1. The Kier molecular flexibility index (Phi) is 3.29. The molecule has 0 saturated carbocycles. The van der Waals surface area contributed by atoms with E-state index in [9.17, 15) is 4.79 Å². The van der Waals surface area contributed by atoms with E-state index in [1.807, 2.05) is 0 Å². The van der Waals surface area contributed by atoms with Crippen LogP contribution in [0.2, 0.25) is 5.02 Å². The number of aryl methyl sites for hydroxylation is 2. The van der Waals surface area contributed by atoms with Crippen LogP contribution in [0.5, 0.6) is 0 Å². The van der Waals surface area contributed by atoms with Crippen LogP contribution in [0.25, 0.3) is 15.9 Å². The van der Waals surface area contributed by atoms with Crippen molar-refractivity contribution in [3.63, 3.8) is 0 Å². The number of hydrogen-bond donors (Lipinski definition) is 1. The van der Waals surface area contributed by atoms with E-state index in [4.69, 9.17) is 11.6 Å². The molecule has 0 atom stereocenters. The molecule has 0 spiro atoms. The van der Waals surface area contributed by atoms with Gasteiger partial charge < -0.3 is 5.32 Å². The Morgan fingerprint density at radius 3 is 2.92 bits per heavy atom. The van der Waals surface area contributed by atoms with Gasteiger partial charge in [0.05, 0.1) is 10.9 Å². The Balaban J connectivity index is 1.59. The average molecular weight is 369 g/mol. The first kappa shape index (κ1) is 14.9. The van der Waals surface area contributed by atoms with Gasteiger partial charge in [-0.25, -0.2) is 4.98 Å². The number of benzene rings is 2. The molecular weight excluding hydrogens is 356 g/mol. The molecule has 124 valence electrons. The second-order valence-electron chi connectivity index (χ2n) is 6.14. The third-order valence-corrected chi connectivity index (χ3v) is 5.57. The molecule has 5 rings (SSSR count). The van der Waals surface area contributed by atoms with Crippen molar-refractivity contribution in [1.82, 2.24) is 14.6 Å². The van der Waals surface area contributed by atoms with Crippen LogP contribution in [0.4, 0.5) is 10.8 Å². The van der Waals surface area contributed by atoms with E-state index in [-0.39, 0.29) is 5.56 Å². The van der Waals surface area contributed by atoms with Crippen LogP contribution in [0.3, 0.4) is 0 Å². The maximum absolute atomic E-state index is 12.6. The normalized spacial score (nSPS) is 13.5. The zero-order valence-electron chi connectivity index (χ0n) is 13.1. The molecule has 25 heavy (non-hydrogen) atoms. The van der Waals surface area contributed by atoms with E-state index in [1.165, 1.54) is 33.4 Å². The van der Waals surface area contributed by atoms with Gasteiger partial charge in [-0.1, -0.05) is 29.0 Å². The maximum atomic E-state index is 12.6. The fourth-order valence-electron chi connectivity index (χ4n) is 3.31. The summed E-state index contributed by atoms with van der Waals surface area (Å²) in [5.41, 5.74) is 4.21. The molecule has 2 aromatic heterocycles. The largest absolute Gasteiger partial charge is 0.330 e. The molecule has 1 N–H and O–H groups in total. The van der Waals surface area contributed by atoms with Crippen LogP contribution in [0.1, 0.15) is 17.5 Å². The molecule has 0 radical (unpaired) electrons. The highest BCUT2D eigenvalue weighted by Gasteiger charge is 2.13. The summed E-state index contributed by atoms with van der Waals surface area (Å²) in [6, 6.07) is 11.5. The lowest BCUT2D eigenvalue weighted by Crippen LogP contribution is -2.15. The molecule has 5 nitrogen and oxygen atoms in total. The number of anilines is 2. The number of rotatable bonds is 2. The first-order valence-electron chi connectivity index (χ1n) is 8.05. The summed E-state index contributed by atoms with van der Waals surface area (Å²) in [6.07, 6.45) is 3.50. The summed E-state index contributed by atoms with van der Waals surface area (Å²) in [4.78, 5) is 17.7. The number of halogens is 1.